The van der Waals surface area contributed by atoms with Crippen molar-refractivity contribution in [2.45, 2.75) is 25.2 Å². The van der Waals surface area contributed by atoms with Gasteiger partial charge in [0.1, 0.15) is 5.69 Å². The third kappa shape index (κ3) is 2.79. The second-order valence-electron chi connectivity index (χ2n) is 6.69. The Kier molecular flexibility index (Phi) is 3.99. The van der Waals surface area contributed by atoms with Crippen LogP contribution in [-0.4, -0.2) is 51.3 Å². The van der Waals surface area contributed by atoms with Crippen LogP contribution in [0.1, 0.15) is 41.2 Å². The first-order chi connectivity index (χ1) is 12.1. The van der Waals surface area contributed by atoms with Crippen molar-refractivity contribution in [2.24, 2.45) is 7.05 Å². The van der Waals surface area contributed by atoms with Gasteiger partial charge < -0.3 is 9.80 Å². The van der Waals surface area contributed by atoms with Gasteiger partial charge in [-0.2, -0.15) is 0 Å². The first-order valence-corrected chi connectivity index (χ1v) is 8.68. The quantitative estimate of drug-likeness (QED) is 0.848. The van der Waals surface area contributed by atoms with Crippen LogP contribution in [0, 0.1) is 0 Å². The van der Waals surface area contributed by atoms with Crippen LogP contribution in [0.3, 0.4) is 0 Å². The fourth-order valence-electron chi connectivity index (χ4n) is 3.81. The molecule has 2 aliphatic heterocycles. The molecule has 1 aromatic heterocycles. The van der Waals surface area contributed by atoms with Crippen molar-refractivity contribution >= 4 is 17.5 Å². The van der Waals surface area contributed by atoms with Crippen molar-refractivity contribution in [3.63, 3.8) is 0 Å². The summed E-state index contributed by atoms with van der Waals surface area (Å²) in [7, 11) is 1.72. The number of carbonyl (C=O) groups excluding carboxylic acids is 2. The predicted molar refractivity (Wildman–Crippen MR) is 92.3 cm³/mol. The van der Waals surface area contributed by atoms with Gasteiger partial charge in [0.25, 0.3) is 5.91 Å². The van der Waals surface area contributed by atoms with Crippen LogP contribution in [0.5, 0.6) is 0 Å². The monoisotopic (exact) mass is 339 g/mol. The highest BCUT2D eigenvalue weighted by Crippen LogP contribution is 2.38. The molecular formula is C18H21N5O2. The maximum atomic E-state index is 12.9. The lowest BCUT2D eigenvalue weighted by atomic mass is 9.98. The van der Waals surface area contributed by atoms with Crippen LogP contribution in [-0.2, 0) is 11.8 Å². The number of para-hydroxylation sites is 1. The zero-order valence-corrected chi connectivity index (χ0v) is 14.3. The summed E-state index contributed by atoms with van der Waals surface area (Å²) in [5.74, 6) is 0.412. The van der Waals surface area contributed by atoms with Gasteiger partial charge in [-0.05, 0) is 24.5 Å². The minimum absolute atomic E-state index is 0.0836. The standard InChI is InChI=1S/C18H21N5O2/c1-21-16(11-19-20-21)18(25)23-12-13(14-5-2-3-6-15(14)23)8-10-22-9-4-7-17(22)24/h2-3,5-6,11,13H,4,7-10,12H2,1H3/t13-/m1/s1. The number of carbonyl (C=O) groups is 2. The minimum Gasteiger partial charge on any atom is -0.343 e. The summed E-state index contributed by atoms with van der Waals surface area (Å²) in [6.07, 6.45) is 3.99. The molecule has 4 rings (SSSR count). The van der Waals surface area contributed by atoms with Gasteiger partial charge in [0.2, 0.25) is 5.91 Å². The average Bonchev–Trinajstić information content (AvgIpc) is 3.31. The second kappa shape index (κ2) is 6.31. The Hall–Kier alpha value is -2.70. The molecule has 0 radical (unpaired) electrons. The molecule has 1 atom stereocenters. The van der Waals surface area contributed by atoms with Crippen LogP contribution in [0.25, 0.3) is 0 Å². The molecule has 7 nitrogen and oxygen atoms in total. The first kappa shape index (κ1) is 15.8. The van der Waals surface area contributed by atoms with E-state index in [4.69, 9.17) is 0 Å². The molecule has 3 heterocycles. The van der Waals surface area contributed by atoms with E-state index in [1.807, 2.05) is 28.0 Å². The Balaban J connectivity index is 1.54. The van der Waals surface area contributed by atoms with Gasteiger partial charge in [-0.1, -0.05) is 23.4 Å². The van der Waals surface area contributed by atoms with Gasteiger partial charge in [0, 0.05) is 44.7 Å². The maximum absolute atomic E-state index is 12.9. The van der Waals surface area contributed by atoms with Gasteiger partial charge in [-0.25, -0.2) is 4.68 Å². The van der Waals surface area contributed by atoms with Crippen LogP contribution in [0.15, 0.2) is 30.5 Å². The van der Waals surface area contributed by atoms with E-state index in [0.29, 0.717) is 18.7 Å². The lowest BCUT2D eigenvalue weighted by Crippen LogP contribution is -2.32. The van der Waals surface area contributed by atoms with E-state index in [-0.39, 0.29) is 17.7 Å². The van der Waals surface area contributed by atoms with Crippen LogP contribution >= 0.6 is 0 Å². The topological polar surface area (TPSA) is 71.3 Å². The molecule has 0 aliphatic carbocycles. The van der Waals surface area contributed by atoms with E-state index < -0.39 is 0 Å². The summed E-state index contributed by atoms with van der Waals surface area (Å²) in [5.41, 5.74) is 2.61. The maximum Gasteiger partial charge on any atom is 0.278 e. The van der Waals surface area contributed by atoms with Gasteiger partial charge in [-0.3, -0.25) is 9.59 Å². The minimum atomic E-state index is -0.0836. The highest BCUT2D eigenvalue weighted by molar-refractivity contribution is 6.06. The number of anilines is 1. The van der Waals surface area contributed by atoms with Crippen molar-refractivity contribution in [3.05, 3.63) is 41.7 Å². The van der Waals surface area contributed by atoms with Gasteiger partial charge in [0.15, 0.2) is 0 Å². The first-order valence-electron chi connectivity index (χ1n) is 8.68. The number of hydrogen-bond donors (Lipinski definition) is 0. The number of amides is 2. The molecule has 2 aromatic rings. The Labute approximate surface area is 146 Å². The molecule has 2 amide bonds. The molecule has 0 unspecified atom stereocenters. The summed E-state index contributed by atoms with van der Waals surface area (Å²) in [6.45, 7) is 2.25. The summed E-state index contributed by atoms with van der Waals surface area (Å²) in [4.78, 5) is 28.5. The lowest BCUT2D eigenvalue weighted by molar-refractivity contribution is -0.127. The third-order valence-corrected chi connectivity index (χ3v) is 5.17. The molecule has 130 valence electrons. The number of nitrogens with zero attached hydrogens (tertiary/aromatic N) is 5. The second-order valence-corrected chi connectivity index (χ2v) is 6.69. The molecule has 0 saturated carbocycles. The Morgan fingerprint density at radius 1 is 1.32 bits per heavy atom. The van der Waals surface area contributed by atoms with Crippen molar-refractivity contribution < 1.29 is 9.59 Å². The van der Waals surface area contributed by atoms with E-state index in [0.717, 1.165) is 31.6 Å². The average molecular weight is 339 g/mol. The molecule has 1 aromatic carbocycles. The van der Waals surface area contributed by atoms with Crippen LogP contribution in [0.4, 0.5) is 5.69 Å². The lowest BCUT2D eigenvalue weighted by Gasteiger charge is -2.19. The van der Waals surface area contributed by atoms with E-state index >= 15 is 0 Å². The van der Waals surface area contributed by atoms with Crippen molar-refractivity contribution in [1.29, 1.82) is 0 Å². The highest BCUT2D eigenvalue weighted by atomic mass is 16.2. The molecule has 0 bridgehead atoms. The highest BCUT2D eigenvalue weighted by Gasteiger charge is 2.34. The van der Waals surface area contributed by atoms with E-state index in [9.17, 15) is 9.59 Å². The zero-order valence-electron chi connectivity index (χ0n) is 14.3. The molecule has 1 saturated heterocycles. The van der Waals surface area contributed by atoms with Crippen molar-refractivity contribution in [3.8, 4) is 0 Å². The van der Waals surface area contributed by atoms with Crippen LogP contribution < -0.4 is 4.90 Å². The number of benzene rings is 1. The van der Waals surface area contributed by atoms with Crippen molar-refractivity contribution in [2.75, 3.05) is 24.5 Å². The third-order valence-electron chi connectivity index (χ3n) is 5.17. The normalized spacial score (nSPS) is 19.6. The fourth-order valence-corrected chi connectivity index (χ4v) is 3.81. The molecule has 2 aliphatic rings. The Bertz CT molecular complexity index is 815. The number of hydrogen-bond acceptors (Lipinski definition) is 4. The molecular weight excluding hydrogens is 318 g/mol. The van der Waals surface area contributed by atoms with E-state index in [2.05, 4.69) is 16.4 Å². The molecule has 25 heavy (non-hydrogen) atoms. The summed E-state index contributed by atoms with van der Waals surface area (Å²) in [6, 6.07) is 8.03. The summed E-state index contributed by atoms with van der Waals surface area (Å²) in [5, 5.41) is 7.66. The number of likely N-dealkylation sites (tertiary alicyclic amines) is 1. The van der Waals surface area contributed by atoms with Gasteiger partial charge in [-0.15, -0.1) is 5.10 Å². The molecule has 0 spiro atoms. The molecule has 1 fully saturated rings. The summed E-state index contributed by atoms with van der Waals surface area (Å²) >= 11 is 0. The Morgan fingerprint density at radius 2 is 2.16 bits per heavy atom. The molecule has 7 heteroatoms. The number of aromatic nitrogens is 3. The van der Waals surface area contributed by atoms with Crippen LogP contribution in [0.2, 0.25) is 0 Å². The largest absolute Gasteiger partial charge is 0.343 e. The van der Waals surface area contributed by atoms with E-state index in [1.54, 1.807) is 7.05 Å². The Morgan fingerprint density at radius 3 is 2.88 bits per heavy atom. The fraction of sp³-hybridized carbons (Fsp3) is 0.444. The van der Waals surface area contributed by atoms with Gasteiger partial charge in [0.05, 0.1) is 6.20 Å². The SMILES string of the molecule is Cn1nncc1C(=O)N1C[C@@H](CCN2CCCC2=O)c2ccccc21. The smallest absolute Gasteiger partial charge is 0.278 e. The number of aryl methyl sites for hydroxylation is 1. The van der Waals surface area contributed by atoms with E-state index in [1.165, 1.54) is 16.4 Å². The molecule has 0 N–H and O–H groups in total. The van der Waals surface area contributed by atoms with Crippen molar-refractivity contribution in [1.82, 2.24) is 19.9 Å². The number of rotatable bonds is 4. The predicted octanol–water partition coefficient (Wildman–Crippen LogP) is 1.57. The number of fused-ring (bicyclic) bond motifs is 1. The summed E-state index contributed by atoms with van der Waals surface area (Å²) < 4.78 is 1.50. The zero-order chi connectivity index (χ0) is 17.4. The van der Waals surface area contributed by atoms with Gasteiger partial charge >= 0.3 is 0 Å².